The minimum atomic E-state index is -0.0616. The van der Waals surface area contributed by atoms with Crippen molar-refractivity contribution in [3.63, 3.8) is 0 Å². The van der Waals surface area contributed by atoms with Crippen molar-refractivity contribution in [1.29, 1.82) is 0 Å². The number of rotatable bonds is 4. The quantitative estimate of drug-likeness (QED) is 0.867. The maximum atomic E-state index is 11.6. The predicted octanol–water partition coefficient (Wildman–Crippen LogP) is 3.69. The summed E-state index contributed by atoms with van der Waals surface area (Å²) in [7, 11) is 0. The first kappa shape index (κ1) is 15.5. The van der Waals surface area contributed by atoms with Crippen molar-refractivity contribution >= 4 is 29.2 Å². The number of hydrogen-bond donors (Lipinski definition) is 1. The number of para-hydroxylation sites is 1. The van der Waals surface area contributed by atoms with Gasteiger partial charge in [0.05, 0.1) is 5.52 Å². The van der Waals surface area contributed by atoms with Gasteiger partial charge in [0.2, 0.25) is 5.91 Å². The van der Waals surface area contributed by atoms with Crippen LogP contribution in [0.15, 0.2) is 43.1 Å². The van der Waals surface area contributed by atoms with Crippen LogP contribution in [0.4, 0.5) is 0 Å². The standard InChI is InChI=1S/C15H18N2O.ClH/c1-3-4-8-14(16)13-10-17(11(2)18)15-9-6-5-7-12(13)15;/h3,5-7,9-10,14H,1,4,8,16H2,2H3;1H/t14-;/m0./s1. The molecular formula is C15H19ClN2O. The zero-order chi connectivity index (χ0) is 13.1. The van der Waals surface area contributed by atoms with E-state index in [4.69, 9.17) is 5.73 Å². The zero-order valence-electron chi connectivity index (χ0n) is 11.0. The van der Waals surface area contributed by atoms with E-state index in [1.807, 2.05) is 36.5 Å². The fourth-order valence-electron chi connectivity index (χ4n) is 2.21. The van der Waals surface area contributed by atoms with Gasteiger partial charge in [-0.15, -0.1) is 19.0 Å². The molecule has 0 spiro atoms. The van der Waals surface area contributed by atoms with E-state index < -0.39 is 0 Å². The van der Waals surface area contributed by atoms with Crippen LogP contribution in [0.3, 0.4) is 0 Å². The van der Waals surface area contributed by atoms with Gasteiger partial charge in [0.15, 0.2) is 0 Å². The average Bonchev–Trinajstić information content (AvgIpc) is 2.75. The summed E-state index contributed by atoms with van der Waals surface area (Å²) in [4.78, 5) is 11.6. The van der Waals surface area contributed by atoms with Crippen LogP contribution in [0.25, 0.3) is 10.9 Å². The van der Waals surface area contributed by atoms with Crippen molar-refractivity contribution in [3.8, 4) is 0 Å². The number of aromatic nitrogens is 1. The maximum Gasteiger partial charge on any atom is 0.227 e. The number of hydrogen-bond acceptors (Lipinski definition) is 2. The normalized spacial score (nSPS) is 11.9. The third kappa shape index (κ3) is 3.06. The van der Waals surface area contributed by atoms with E-state index in [-0.39, 0.29) is 24.4 Å². The average molecular weight is 279 g/mol. The highest BCUT2D eigenvalue weighted by atomic mass is 35.5. The molecule has 0 saturated heterocycles. The van der Waals surface area contributed by atoms with Crippen molar-refractivity contribution in [3.05, 3.63) is 48.7 Å². The third-order valence-electron chi connectivity index (χ3n) is 3.16. The summed E-state index contributed by atoms with van der Waals surface area (Å²) in [5, 5.41) is 1.06. The lowest BCUT2D eigenvalue weighted by Gasteiger charge is -2.08. The molecule has 1 atom stereocenters. The van der Waals surface area contributed by atoms with Gasteiger partial charge in [-0.3, -0.25) is 9.36 Å². The number of allylic oxidation sites excluding steroid dienone is 1. The van der Waals surface area contributed by atoms with Crippen molar-refractivity contribution in [2.75, 3.05) is 0 Å². The zero-order valence-corrected chi connectivity index (χ0v) is 11.8. The number of halogens is 1. The van der Waals surface area contributed by atoms with Gasteiger partial charge in [-0.25, -0.2) is 0 Å². The van der Waals surface area contributed by atoms with E-state index in [1.165, 1.54) is 0 Å². The first-order valence-corrected chi connectivity index (χ1v) is 6.12. The first-order chi connectivity index (χ1) is 8.65. The Morgan fingerprint density at radius 2 is 2.16 bits per heavy atom. The summed E-state index contributed by atoms with van der Waals surface area (Å²) in [6.07, 6.45) is 5.45. The van der Waals surface area contributed by atoms with Crippen molar-refractivity contribution in [2.45, 2.75) is 25.8 Å². The van der Waals surface area contributed by atoms with Crippen LogP contribution in [-0.4, -0.2) is 10.5 Å². The van der Waals surface area contributed by atoms with Crippen molar-refractivity contribution in [1.82, 2.24) is 4.57 Å². The van der Waals surface area contributed by atoms with Gasteiger partial charge in [-0.1, -0.05) is 24.3 Å². The highest BCUT2D eigenvalue weighted by molar-refractivity contribution is 5.93. The molecule has 0 radical (unpaired) electrons. The van der Waals surface area contributed by atoms with E-state index in [0.29, 0.717) is 0 Å². The molecule has 4 heteroatoms. The number of carbonyl (C=O) groups is 1. The van der Waals surface area contributed by atoms with Crippen LogP contribution in [0.1, 0.15) is 36.2 Å². The first-order valence-electron chi connectivity index (χ1n) is 6.12. The molecule has 0 aliphatic rings. The molecule has 0 amide bonds. The summed E-state index contributed by atoms with van der Waals surface area (Å²) in [5.74, 6) is 0.00775. The van der Waals surface area contributed by atoms with Gasteiger partial charge in [0, 0.05) is 24.5 Å². The molecule has 0 aliphatic carbocycles. The molecule has 0 aliphatic heterocycles. The molecule has 102 valence electrons. The Bertz CT molecular complexity index is 589. The summed E-state index contributed by atoms with van der Waals surface area (Å²) >= 11 is 0. The van der Waals surface area contributed by atoms with Gasteiger partial charge in [0.1, 0.15) is 0 Å². The van der Waals surface area contributed by atoms with Crippen molar-refractivity contribution < 1.29 is 4.79 Å². The Kier molecular flexibility index (Phi) is 5.33. The SMILES string of the molecule is C=CCC[C@H](N)c1cn(C(C)=O)c2ccccc12.Cl. The molecule has 1 aromatic carbocycles. The van der Waals surface area contributed by atoms with E-state index in [1.54, 1.807) is 11.5 Å². The lowest BCUT2D eigenvalue weighted by Crippen LogP contribution is -2.09. The Morgan fingerprint density at radius 1 is 1.47 bits per heavy atom. The molecule has 19 heavy (non-hydrogen) atoms. The molecule has 2 N–H and O–H groups in total. The molecule has 0 unspecified atom stereocenters. The number of fused-ring (bicyclic) bond motifs is 1. The Labute approximate surface area is 119 Å². The number of nitrogens with zero attached hydrogens (tertiary/aromatic N) is 1. The Morgan fingerprint density at radius 3 is 2.79 bits per heavy atom. The maximum absolute atomic E-state index is 11.6. The monoisotopic (exact) mass is 278 g/mol. The fraction of sp³-hybridized carbons (Fsp3) is 0.267. The van der Waals surface area contributed by atoms with Crippen LogP contribution >= 0.6 is 12.4 Å². The molecule has 0 saturated carbocycles. The van der Waals surface area contributed by atoms with Gasteiger partial charge in [-0.05, 0) is 24.5 Å². The minimum absolute atomic E-state index is 0. The smallest absolute Gasteiger partial charge is 0.227 e. The second-order valence-corrected chi connectivity index (χ2v) is 4.46. The van der Waals surface area contributed by atoms with Gasteiger partial charge in [0.25, 0.3) is 0 Å². The highest BCUT2D eigenvalue weighted by Crippen LogP contribution is 2.27. The highest BCUT2D eigenvalue weighted by Gasteiger charge is 2.15. The molecule has 3 nitrogen and oxygen atoms in total. The lowest BCUT2D eigenvalue weighted by molar-refractivity contribution is 0.0941. The Balaban J connectivity index is 0.00000180. The molecule has 2 aromatic rings. The summed E-state index contributed by atoms with van der Waals surface area (Å²) in [6, 6.07) is 7.80. The number of benzene rings is 1. The fourth-order valence-corrected chi connectivity index (χ4v) is 2.21. The van der Waals surface area contributed by atoms with E-state index in [2.05, 4.69) is 6.58 Å². The van der Waals surface area contributed by atoms with Crippen molar-refractivity contribution in [2.24, 2.45) is 5.73 Å². The van der Waals surface area contributed by atoms with E-state index in [9.17, 15) is 4.79 Å². The Hall–Kier alpha value is -1.58. The largest absolute Gasteiger partial charge is 0.324 e. The van der Waals surface area contributed by atoms with E-state index in [0.717, 1.165) is 29.3 Å². The lowest BCUT2D eigenvalue weighted by atomic mass is 10.0. The van der Waals surface area contributed by atoms with Gasteiger partial charge >= 0.3 is 0 Å². The summed E-state index contributed by atoms with van der Waals surface area (Å²) < 4.78 is 1.67. The molecule has 1 heterocycles. The molecule has 0 fully saturated rings. The summed E-state index contributed by atoms with van der Waals surface area (Å²) in [5.41, 5.74) is 8.14. The topological polar surface area (TPSA) is 48.0 Å². The van der Waals surface area contributed by atoms with E-state index >= 15 is 0 Å². The number of nitrogens with two attached hydrogens (primary N) is 1. The summed E-state index contributed by atoms with van der Waals surface area (Å²) in [6.45, 7) is 5.27. The van der Waals surface area contributed by atoms with Crippen LogP contribution in [0.2, 0.25) is 0 Å². The second kappa shape index (κ2) is 6.55. The molecule has 1 aromatic heterocycles. The van der Waals surface area contributed by atoms with Gasteiger partial charge < -0.3 is 5.73 Å². The van der Waals surface area contributed by atoms with Crippen LogP contribution in [-0.2, 0) is 0 Å². The van der Waals surface area contributed by atoms with Crippen LogP contribution < -0.4 is 5.73 Å². The molecule has 2 rings (SSSR count). The molecule has 0 bridgehead atoms. The minimum Gasteiger partial charge on any atom is -0.324 e. The third-order valence-corrected chi connectivity index (χ3v) is 3.16. The van der Waals surface area contributed by atoms with Crippen LogP contribution in [0, 0.1) is 0 Å². The van der Waals surface area contributed by atoms with Gasteiger partial charge in [-0.2, -0.15) is 0 Å². The second-order valence-electron chi connectivity index (χ2n) is 4.46. The van der Waals surface area contributed by atoms with Crippen LogP contribution in [0.5, 0.6) is 0 Å². The predicted molar refractivity (Wildman–Crippen MR) is 81.8 cm³/mol. The number of carbonyl (C=O) groups excluding carboxylic acids is 1. The molecular weight excluding hydrogens is 260 g/mol.